The Hall–Kier alpha value is -0.180. The predicted octanol–water partition coefficient (Wildman–Crippen LogP) is 3.01. The summed E-state index contributed by atoms with van der Waals surface area (Å²) in [5.41, 5.74) is 0. The lowest BCUT2D eigenvalue weighted by Gasteiger charge is -2.41. The second kappa shape index (κ2) is 4.13. The molecule has 1 atom stereocenters. The maximum atomic E-state index is 13.4. The van der Waals surface area contributed by atoms with E-state index in [2.05, 4.69) is 0 Å². The molecule has 1 saturated heterocycles. The molecule has 0 radical (unpaired) electrons. The summed E-state index contributed by atoms with van der Waals surface area (Å²) in [7, 11) is 0. The van der Waals surface area contributed by atoms with Crippen LogP contribution >= 0.6 is 0 Å². The van der Waals surface area contributed by atoms with Gasteiger partial charge in [-0.05, 0) is 25.7 Å². The first-order valence-corrected chi connectivity index (χ1v) is 5.43. The van der Waals surface area contributed by atoms with Gasteiger partial charge in [0.05, 0.1) is 6.54 Å². The van der Waals surface area contributed by atoms with E-state index in [1.807, 2.05) is 32.6 Å². The fraction of sp³-hybridized carbons (Fsp3) is 1.00. The summed E-state index contributed by atoms with van der Waals surface area (Å²) in [5.74, 6) is -2.00. The van der Waals surface area contributed by atoms with Gasteiger partial charge in [-0.2, -0.15) is 0 Å². The normalized spacial score (nSPS) is 28.7. The van der Waals surface area contributed by atoms with Crippen LogP contribution in [0.5, 0.6) is 0 Å². The Labute approximate surface area is 85.5 Å². The van der Waals surface area contributed by atoms with Crippen molar-refractivity contribution in [2.75, 3.05) is 13.1 Å². The minimum absolute atomic E-state index is 0.0616. The third-order valence-corrected chi connectivity index (χ3v) is 3.14. The minimum atomic E-state index is -2.49. The minimum Gasteiger partial charge on any atom is -0.295 e. The lowest BCUT2D eigenvalue weighted by Crippen LogP contribution is -2.50. The molecule has 1 heterocycles. The quantitative estimate of drug-likeness (QED) is 0.670. The van der Waals surface area contributed by atoms with Crippen molar-refractivity contribution in [1.82, 2.24) is 4.90 Å². The molecule has 0 aliphatic carbocycles. The molecule has 14 heavy (non-hydrogen) atoms. The monoisotopic (exact) mass is 205 g/mol. The molecule has 0 bridgehead atoms. The van der Waals surface area contributed by atoms with Crippen molar-refractivity contribution in [1.29, 1.82) is 0 Å². The molecule has 0 spiro atoms. The fourth-order valence-corrected chi connectivity index (χ4v) is 2.02. The predicted molar refractivity (Wildman–Crippen MR) is 54.6 cm³/mol. The highest BCUT2D eigenvalue weighted by molar-refractivity contribution is 4.86. The van der Waals surface area contributed by atoms with E-state index in [4.69, 9.17) is 0 Å². The summed E-state index contributed by atoms with van der Waals surface area (Å²) in [5, 5.41) is 0. The van der Waals surface area contributed by atoms with E-state index >= 15 is 0 Å². The molecular weight excluding hydrogens is 184 g/mol. The SMILES string of the molecule is CC(C)C1CN(C(C)C)CC(F)(F)C1. The number of likely N-dealkylation sites (tertiary alicyclic amines) is 1. The molecule has 0 N–H and O–H groups in total. The van der Waals surface area contributed by atoms with E-state index in [9.17, 15) is 8.78 Å². The number of hydrogen-bond donors (Lipinski definition) is 0. The van der Waals surface area contributed by atoms with Gasteiger partial charge >= 0.3 is 0 Å². The summed E-state index contributed by atoms with van der Waals surface area (Å²) >= 11 is 0. The summed E-state index contributed by atoms with van der Waals surface area (Å²) in [6, 6.07) is 0.224. The van der Waals surface area contributed by atoms with Gasteiger partial charge < -0.3 is 0 Å². The van der Waals surface area contributed by atoms with Crippen molar-refractivity contribution in [2.24, 2.45) is 11.8 Å². The van der Waals surface area contributed by atoms with Gasteiger partial charge in [-0.1, -0.05) is 13.8 Å². The van der Waals surface area contributed by atoms with Crippen LogP contribution in [0.25, 0.3) is 0 Å². The summed E-state index contributed by atoms with van der Waals surface area (Å²) in [6.07, 6.45) is 0.0634. The highest BCUT2D eigenvalue weighted by Crippen LogP contribution is 2.34. The number of halogens is 2. The number of hydrogen-bond acceptors (Lipinski definition) is 1. The van der Waals surface area contributed by atoms with Crippen LogP contribution in [0, 0.1) is 11.8 Å². The smallest absolute Gasteiger partial charge is 0.260 e. The number of nitrogens with zero attached hydrogens (tertiary/aromatic N) is 1. The standard InChI is InChI=1S/C11H21F2N/c1-8(2)10-5-11(12,13)7-14(6-10)9(3)4/h8-10H,5-7H2,1-4H3. The van der Waals surface area contributed by atoms with Gasteiger partial charge in [0.2, 0.25) is 0 Å². The average molecular weight is 205 g/mol. The van der Waals surface area contributed by atoms with E-state index in [0.717, 1.165) is 6.54 Å². The summed E-state index contributed by atoms with van der Waals surface area (Å²) < 4.78 is 26.8. The molecule has 1 aliphatic heterocycles. The molecule has 0 amide bonds. The van der Waals surface area contributed by atoms with Crippen LogP contribution < -0.4 is 0 Å². The maximum absolute atomic E-state index is 13.4. The van der Waals surface area contributed by atoms with E-state index < -0.39 is 5.92 Å². The first-order chi connectivity index (χ1) is 6.32. The van der Waals surface area contributed by atoms with Crippen LogP contribution in [0.4, 0.5) is 8.78 Å². The zero-order chi connectivity index (χ0) is 10.9. The Morgan fingerprint density at radius 2 is 1.79 bits per heavy atom. The second-order valence-corrected chi connectivity index (χ2v) is 5.09. The van der Waals surface area contributed by atoms with Gasteiger partial charge in [-0.3, -0.25) is 4.90 Å². The molecule has 0 aromatic heterocycles. The van der Waals surface area contributed by atoms with Gasteiger partial charge in [-0.15, -0.1) is 0 Å². The van der Waals surface area contributed by atoms with Gasteiger partial charge in [0.15, 0.2) is 0 Å². The molecule has 0 aromatic carbocycles. The zero-order valence-corrected chi connectivity index (χ0v) is 9.56. The van der Waals surface area contributed by atoms with Gasteiger partial charge in [0.25, 0.3) is 5.92 Å². The Balaban J connectivity index is 2.67. The Morgan fingerprint density at radius 1 is 1.21 bits per heavy atom. The molecule has 1 nitrogen and oxygen atoms in total. The van der Waals surface area contributed by atoms with Crippen molar-refractivity contribution < 1.29 is 8.78 Å². The first kappa shape index (κ1) is 11.9. The molecule has 3 heteroatoms. The lowest BCUT2D eigenvalue weighted by molar-refractivity contribution is -0.0991. The largest absolute Gasteiger partial charge is 0.295 e. The van der Waals surface area contributed by atoms with Crippen molar-refractivity contribution in [3.63, 3.8) is 0 Å². The average Bonchev–Trinajstić information content (AvgIpc) is 2.01. The van der Waals surface area contributed by atoms with Crippen LogP contribution in [0.15, 0.2) is 0 Å². The molecule has 1 aliphatic rings. The van der Waals surface area contributed by atoms with Crippen LogP contribution in [-0.2, 0) is 0 Å². The van der Waals surface area contributed by atoms with Crippen molar-refractivity contribution in [3.05, 3.63) is 0 Å². The van der Waals surface area contributed by atoms with Gasteiger partial charge in [-0.25, -0.2) is 8.78 Å². The van der Waals surface area contributed by atoms with Crippen molar-refractivity contribution in [3.8, 4) is 0 Å². The molecule has 1 fully saturated rings. The van der Waals surface area contributed by atoms with Crippen molar-refractivity contribution in [2.45, 2.75) is 46.1 Å². The van der Waals surface area contributed by atoms with Crippen LogP contribution in [0.2, 0.25) is 0 Å². The number of piperidine rings is 1. The highest BCUT2D eigenvalue weighted by atomic mass is 19.3. The van der Waals surface area contributed by atoms with E-state index in [1.54, 1.807) is 0 Å². The lowest BCUT2D eigenvalue weighted by atomic mass is 9.85. The second-order valence-electron chi connectivity index (χ2n) is 5.09. The van der Waals surface area contributed by atoms with Crippen LogP contribution in [0.1, 0.15) is 34.1 Å². The molecule has 0 saturated carbocycles. The fourth-order valence-electron chi connectivity index (χ4n) is 2.02. The molecule has 1 unspecified atom stereocenters. The first-order valence-electron chi connectivity index (χ1n) is 5.43. The number of alkyl halides is 2. The Kier molecular flexibility index (Phi) is 3.51. The van der Waals surface area contributed by atoms with Crippen LogP contribution in [0.3, 0.4) is 0 Å². The topological polar surface area (TPSA) is 3.24 Å². The molecule has 0 aromatic rings. The number of rotatable bonds is 2. The van der Waals surface area contributed by atoms with E-state index in [0.29, 0.717) is 5.92 Å². The maximum Gasteiger partial charge on any atom is 0.260 e. The third-order valence-electron chi connectivity index (χ3n) is 3.14. The molecule has 1 rings (SSSR count). The van der Waals surface area contributed by atoms with E-state index in [1.165, 1.54) is 0 Å². The third kappa shape index (κ3) is 2.91. The van der Waals surface area contributed by atoms with Crippen LogP contribution in [-0.4, -0.2) is 30.0 Å². The highest BCUT2D eigenvalue weighted by Gasteiger charge is 2.41. The van der Waals surface area contributed by atoms with Gasteiger partial charge in [0, 0.05) is 19.0 Å². The summed E-state index contributed by atoms with van der Waals surface area (Å²) in [6.45, 7) is 8.80. The van der Waals surface area contributed by atoms with Crippen molar-refractivity contribution >= 4 is 0 Å². The Morgan fingerprint density at radius 3 is 2.21 bits per heavy atom. The van der Waals surface area contributed by atoms with Gasteiger partial charge in [0.1, 0.15) is 0 Å². The Bertz CT molecular complexity index is 172. The molecule has 84 valence electrons. The zero-order valence-electron chi connectivity index (χ0n) is 9.56. The van der Waals surface area contributed by atoms with E-state index in [-0.39, 0.29) is 24.9 Å². The molecular formula is C11H21F2N. The summed E-state index contributed by atoms with van der Waals surface area (Å²) in [4.78, 5) is 1.90.